The van der Waals surface area contributed by atoms with Crippen LogP contribution in [0.4, 0.5) is 0 Å². The van der Waals surface area contributed by atoms with Gasteiger partial charge < -0.3 is 10.2 Å². The minimum atomic E-state index is 0.361. The maximum atomic E-state index is 12.2. The zero-order chi connectivity index (χ0) is 12.8. The van der Waals surface area contributed by atoms with Crippen LogP contribution in [0.5, 0.6) is 0 Å². The molecular weight excluding hydrogens is 212 g/mol. The zero-order valence-corrected chi connectivity index (χ0v) is 11.8. The highest BCUT2D eigenvalue weighted by Gasteiger charge is 2.24. The number of carbonyl (C=O) groups is 1. The summed E-state index contributed by atoms with van der Waals surface area (Å²) < 4.78 is 0. The number of nitrogens with one attached hydrogen (secondary N) is 1. The second-order valence-electron chi connectivity index (χ2n) is 5.56. The van der Waals surface area contributed by atoms with Gasteiger partial charge in [0, 0.05) is 25.6 Å². The lowest BCUT2D eigenvalue weighted by atomic mass is 9.89. The molecule has 1 heterocycles. The second-order valence-corrected chi connectivity index (χ2v) is 5.56. The Morgan fingerprint density at radius 3 is 2.35 bits per heavy atom. The van der Waals surface area contributed by atoms with E-state index in [-0.39, 0.29) is 0 Å². The number of hydrogen-bond acceptors (Lipinski definition) is 2. The van der Waals surface area contributed by atoms with Gasteiger partial charge in [-0.05, 0) is 31.7 Å². The predicted molar refractivity (Wildman–Crippen MR) is 71.9 cm³/mol. The molecule has 1 unspecified atom stereocenters. The molecular formula is C14H28N2O. The first-order chi connectivity index (χ1) is 8.08. The second kappa shape index (κ2) is 7.00. The monoisotopic (exact) mass is 240 g/mol. The van der Waals surface area contributed by atoms with Gasteiger partial charge in [0.1, 0.15) is 0 Å². The van der Waals surface area contributed by atoms with Crippen LogP contribution in [-0.2, 0) is 4.79 Å². The van der Waals surface area contributed by atoms with E-state index in [0.29, 0.717) is 23.8 Å². The van der Waals surface area contributed by atoms with E-state index in [2.05, 4.69) is 31.0 Å². The van der Waals surface area contributed by atoms with Crippen LogP contribution < -0.4 is 5.32 Å². The number of amides is 1. The van der Waals surface area contributed by atoms with E-state index in [1.54, 1.807) is 0 Å². The Hall–Kier alpha value is -0.570. The Morgan fingerprint density at radius 1 is 1.35 bits per heavy atom. The number of rotatable bonds is 5. The van der Waals surface area contributed by atoms with Crippen LogP contribution in [0, 0.1) is 11.8 Å². The Bertz CT molecular complexity index is 232. The SMILES string of the molecule is CCC(CC(=O)N1CCC(NC)CC1)C(C)C. The Kier molecular flexibility index (Phi) is 5.96. The first-order valence-electron chi connectivity index (χ1n) is 7.03. The average Bonchev–Trinajstić information content (AvgIpc) is 2.35. The van der Waals surface area contributed by atoms with Gasteiger partial charge >= 0.3 is 0 Å². The van der Waals surface area contributed by atoms with Crippen LogP contribution in [0.25, 0.3) is 0 Å². The Labute approximate surface area is 106 Å². The molecule has 17 heavy (non-hydrogen) atoms. The van der Waals surface area contributed by atoms with Gasteiger partial charge in [-0.2, -0.15) is 0 Å². The van der Waals surface area contributed by atoms with E-state index in [9.17, 15) is 4.79 Å². The average molecular weight is 240 g/mol. The largest absolute Gasteiger partial charge is 0.343 e. The van der Waals surface area contributed by atoms with E-state index >= 15 is 0 Å². The minimum Gasteiger partial charge on any atom is -0.343 e. The lowest BCUT2D eigenvalue weighted by molar-refractivity contribution is -0.133. The van der Waals surface area contributed by atoms with Crippen molar-refractivity contribution in [1.82, 2.24) is 10.2 Å². The number of nitrogens with zero attached hydrogens (tertiary/aromatic N) is 1. The molecule has 0 bridgehead atoms. The first kappa shape index (κ1) is 14.5. The van der Waals surface area contributed by atoms with Gasteiger partial charge in [-0.3, -0.25) is 4.79 Å². The van der Waals surface area contributed by atoms with Crippen molar-refractivity contribution in [1.29, 1.82) is 0 Å². The van der Waals surface area contributed by atoms with Gasteiger partial charge in [0.05, 0.1) is 0 Å². The molecule has 0 spiro atoms. The molecule has 0 aromatic carbocycles. The predicted octanol–water partition coefficient (Wildman–Crippen LogP) is 2.27. The third-order valence-corrected chi connectivity index (χ3v) is 4.16. The van der Waals surface area contributed by atoms with Crippen LogP contribution in [-0.4, -0.2) is 37.0 Å². The van der Waals surface area contributed by atoms with E-state index in [4.69, 9.17) is 0 Å². The highest BCUT2D eigenvalue weighted by Crippen LogP contribution is 2.21. The third kappa shape index (κ3) is 4.30. The van der Waals surface area contributed by atoms with Crippen LogP contribution >= 0.6 is 0 Å². The molecule has 0 aromatic rings. The summed E-state index contributed by atoms with van der Waals surface area (Å²) in [5, 5.41) is 3.30. The zero-order valence-electron chi connectivity index (χ0n) is 11.8. The topological polar surface area (TPSA) is 32.3 Å². The molecule has 1 amide bonds. The fourth-order valence-corrected chi connectivity index (χ4v) is 2.62. The molecule has 3 nitrogen and oxygen atoms in total. The summed E-state index contributed by atoms with van der Waals surface area (Å²) in [5.74, 6) is 1.52. The van der Waals surface area contributed by atoms with Crippen molar-refractivity contribution in [3.8, 4) is 0 Å². The van der Waals surface area contributed by atoms with E-state index in [1.165, 1.54) is 0 Å². The van der Waals surface area contributed by atoms with Gasteiger partial charge in [-0.25, -0.2) is 0 Å². The summed E-state index contributed by atoms with van der Waals surface area (Å²) in [6, 6.07) is 0.603. The first-order valence-corrected chi connectivity index (χ1v) is 7.03. The third-order valence-electron chi connectivity index (χ3n) is 4.16. The molecule has 1 N–H and O–H groups in total. The Morgan fingerprint density at radius 2 is 1.94 bits per heavy atom. The van der Waals surface area contributed by atoms with Gasteiger partial charge in [-0.1, -0.05) is 27.2 Å². The Balaban J connectivity index is 2.38. The van der Waals surface area contributed by atoms with Crippen molar-refractivity contribution < 1.29 is 4.79 Å². The van der Waals surface area contributed by atoms with Crippen molar-refractivity contribution >= 4 is 5.91 Å². The molecule has 1 atom stereocenters. The summed E-state index contributed by atoms with van der Waals surface area (Å²) in [6.07, 6.45) is 4.04. The number of hydrogen-bond donors (Lipinski definition) is 1. The molecule has 100 valence electrons. The number of piperidine rings is 1. The molecule has 0 aromatic heterocycles. The molecule has 1 saturated heterocycles. The fraction of sp³-hybridized carbons (Fsp3) is 0.929. The quantitative estimate of drug-likeness (QED) is 0.799. The number of carbonyl (C=O) groups excluding carboxylic acids is 1. The lowest BCUT2D eigenvalue weighted by Gasteiger charge is -2.33. The standard InChI is InChI=1S/C14H28N2O/c1-5-12(11(2)3)10-14(17)16-8-6-13(15-4)7-9-16/h11-13,15H,5-10H2,1-4H3. The van der Waals surface area contributed by atoms with Crippen molar-refractivity contribution in [3.05, 3.63) is 0 Å². The summed E-state index contributed by atoms with van der Waals surface area (Å²) in [6.45, 7) is 8.48. The highest BCUT2D eigenvalue weighted by molar-refractivity contribution is 5.76. The summed E-state index contributed by atoms with van der Waals surface area (Å²) in [7, 11) is 2.01. The van der Waals surface area contributed by atoms with E-state index in [1.807, 2.05) is 7.05 Å². The van der Waals surface area contributed by atoms with Crippen LogP contribution in [0.15, 0.2) is 0 Å². The highest BCUT2D eigenvalue weighted by atomic mass is 16.2. The molecule has 1 aliphatic heterocycles. The fourth-order valence-electron chi connectivity index (χ4n) is 2.62. The molecule has 0 aliphatic carbocycles. The lowest BCUT2D eigenvalue weighted by Crippen LogP contribution is -2.44. The molecule has 1 fully saturated rings. The smallest absolute Gasteiger partial charge is 0.222 e. The van der Waals surface area contributed by atoms with Crippen molar-refractivity contribution in [3.63, 3.8) is 0 Å². The molecule has 0 saturated carbocycles. The van der Waals surface area contributed by atoms with E-state index in [0.717, 1.165) is 38.8 Å². The van der Waals surface area contributed by atoms with Crippen LogP contribution in [0.1, 0.15) is 46.5 Å². The summed E-state index contributed by atoms with van der Waals surface area (Å²) in [4.78, 5) is 14.2. The maximum absolute atomic E-state index is 12.2. The molecule has 3 heteroatoms. The number of likely N-dealkylation sites (tertiary alicyclic amines) is 1. The molecule has 1 rings (SSSR count). The van der Waals surface area contributed by atoms with Crippen LogP contribution in [0.2, 0.25) is 0 Å². The van der Waals surface area contributed by atoms with Crippen molar-refractivity contribution in [2.75, 3.05) is 20.1 Å². The summed E-state index contributed by atoms with van der Waals surface area (Å²) in [5.41, 5.74) is 0. The maximum Gasteiger partial charge on any atom is 0.222 e. The van der Waals surface area contributed by atoms with Gasteiger partial charge in [0.2, 0.25) is 5.91 Å². The van der Waals surface area contributed by atoms with E-state index < -0.39 is 0 Å². The summed E-state index contributed by atoms with van der Waals surface area (Å²) >= 11 is 0. The normalized spacial score (nSPS) is 19.7. The molecule has 1 aliphatic rings. The van der Waals surface area contributed by atoms with Crippen molar-refractivity contribution in [2.45, 2.75) is 52.5 Å². The van der Waals surface area contributed by atoms with Gasteiger partial charge in [-0.15, -0.1) is 0 Å². The minimum absolute atomic E-state index is 0.361. The van der Waals surface area contributed by atoms with Crippen LogP contribution in [0.3, 0.4) is 0 Å². The molecule has 0 radical (unpaired) electrons. The van der Waals surface area contributed by atoms with Crippen molar-refractivity contribution in [2.24, 2.45) is 11.8 Å². The van der Waals surface area contributed by atoms with Gasteiger partial charge in [0.25, 0.3) is 0 Å². The van der Waals surface area contributed by atoms with Gasteiger partial charge in [0.15, 0.2) is 0 Å².